The van der Waals surface area contributed by atoms with Crippen molar-refractivity contribution in [2.75, 3.05) is 12.8 Å². The first-order chi connectivity index (χ1) is 11.2. The van der Waals surface area contributed by atoms with Crippen LogP contribution >= 0.6 is 0 Å². The molecule has 2 rings (SSSR count). The number of amides is 1. The second kappa shape index (κ2) is 6.39. The summed E-state index contributed by atoms with van der Waals surface area (Å²) in [6.45, 7) is 7.49. The lowest BCUT2D eigenvalue weighted by Crippen LogP contribution is -2.30. The van der Waals surface area contributed by atoms with Crippen LogP contribution in [0.5, 0.6) is 5.75 Å². The van der Waals surface area contributed by atoms with E-state index in [4.69, 9.17) is 16.2 Å². The molecule has 0 saturated carbocycles. The lowest BCUT2D eigenvalue weighted by Gasteiger charge is -2.20. The summed E-state index contributed by atoms with van der Waals surface area (Å²) in [6, 6.07) is 5.17. The number of nitrogen functional groups attached to an aromatic ring is 1. The number of pyridine rings is 1. The van der Waals surface area contributed by atoms with Gasteiger partial charge >= 0.3 is 0 Å². The molecule has 4 N–H and O–H groups in total. The molecule has 0 aliphatic carbocycles. The van der Waals surface area contributed by atoms with Crippen LogP contribution < -0.4 is 21.8 Å². The summed E-state index contributed by atoms with van der Waals surface area (Å²) >= 11 is 0. The van der Waals surface area contributed by atoms with E-state index >= 15 is 0 Å². The van der Waals surface area contributed by atoms with Gasteiger partial charge in [0, 0.05) is 11.1 Å². The highest BCUT2D eigenvalue weighted by molar-refractivity contribution is 5.97. The number of aryl methyl sites for hydroxylation is 1. The quantitative estimate of drug-likeness (QED) is 0.898. The molecule has 0 atom stereocenters. The van der Waals surface area contributed by atoms with Crippen molar-refractivity contribution in [1.29, 1.82) is 0 Å². The second-order valence-corrected chi connectivity index (χ2v) is 6.12. The Morgan fingerprint density at radius 1 is 1.25 bits per heavy atom. The topological polar surface area (TPSA) is 100 Å². The lowest BCUT2D eigenvalue weighted by molar-refractivity contribution is 0.100. The van der Waals surface area contributed by atoms with Gasteiger partial charge < -0.3 is 16.2 Å². The van der Waals surface area contributed by atoms with Crippen LogP contribution in [-0.4, -0.2) is 17.6 Å². The number of nitrogens with two attached hydrogens (primary N) is 2. The van der Waals surface area contributed by atoms with E-state index in [1.807, 2.05) is 39.8 Å². The maximum Gasteiger partial charge on any atom is 0.260 e. The number of rotatable bonds is 4. The zero-order valence-corrected chi connectivity index (χ0v) is 14.6. The van der Waals surface area contributed by atoms with E-state index in [1.54, 1.807) is 7.11 Å². The van der Waals surface area contributed by atoms with Crippen LogP contribution in [0.25, 0.3) is 5.69 Å². The number of primary amides is 1. The molecule has 6 heteroatoms. The van der Waals surface area contributed by atoms with Gasteiger partial charge in [-0.15, -0.1) is 0 Å². The highest BCUT2D eigenvalue weighted by atomic mass is 16.5. The van der Waals surface area contributed by atoms with Crippen LogP contribution in [0, 0.1) is 13.8 Å². The summed E-state index contributed by atoms with van der Waals surface area (Å²) in [5.74, 6) is -0.0659. The van der Waals surface area contributed by atoms with E-state index in [1.165, 1.54) is 10.6 Å². The Bertz CT molecular complexity index is 867. The van der Waals surface area contributed by atoms with Crippen molar-refractivity contribution >= 4 is 11.7 Å². The first kappa shape index (κ1) is 17.6. The van der Waals surface area contributed by atoms with E-state index < -0.39 is 5.91 Å². The van der Waals surface area contributed by atoms with Crippen LogP contribution in [0.2, 0.25) is 0 Å². The number of carbonyl (C=O) groups excluding carboxylic acids is 1. The van der Waals surface area contributed by atoms with Crippen LogP contribution in [0.4, 0.5) is 5.82 Å². The van der Waals surface area contributed by atoms with Crippen molar-refractivity contribution in [2.24, 2.45) is 5.73 Å². The molecule has 0 radical (unpaired) electrons. The standard InChI is InChI=1S/C18H23N3O3/c1-9(2)12-8-13(17(20)22)16(19)21(18(12)23)15-10(3)6-7-14(24-5)11(15)4/h6-9H,19H2,1-5H3,(H2,20,22). The van der Waals surface area contributed by atoms with E-state index in [9.17, 15) is 9.59 Å². The molecule has 0 aliphatic heterocycles. The Hall–Kier alpha value is -2.76. The fourth-order valence-electron chi connectivity index (χ4n) is 2.87. The number of nitrogens with zero attached hydrogens (tertiary/aromatic N) is 1. The maximum atomic E-state index is 13.0. The molecule has 1 heterocycles. The third-order valence-corrected chi connectivity index (χ3v) is 4.18. The fraction of sp³-hybridized carbons (Fsp3) is 0.333. The Kier molecular flexibility index (Phi) is 4.68. The predicted molar refractivity (Wildman–Crippen MR) is 95.1 cm³/mol. The number of carbonyl (C=O) groups is 1. The van der Waals surface area contributed by atoms with E-state index in [0.717, 1.165) is 11.1 Å². The molecule has 24 heavy (non-hydrogen) atoms. The molecule has 1 amide bonds. The van der Waals surface area contributed by atoms with E-state index in [2.05, 4.69) is 0 Å². The molecular weight excluding hydrogens is 306 g/mol. The van der Waals surface area contributed by atoms with Crippen LogP contribution in [0.1, 0.15) is 46.8 Å². The smallest absolute Gasteiger partial charge is 0.260 e. The Balaban J connectivity index is 3.00. The SMILES string of the molecule is COc1ccc(C)c(-n2c(N)c(C(N)=O)cc(C(C)C)c2=O)c1C. The van der Waals surface area contributed by atoms with Gasteiger partial charge in [0.15, 0.2) is 0 Å². The number of aromatic nitrogens is 1. The first-order valence-corrected chi connectivity index (χ1v) is 7.70. The molecule has 0 aliphatic rings. The van der Waals surface area contributed by atoms with Crippen molar-refractivity contribution in [2.45, 2.75) is 33.6 Å². The van der Waals surface area contributed by atoms with Gasteiger partial charge in [0.1, 0.15) is 11.6 Å². The molecule has 0 unspecified atom stereocenters. The number of benzene rings is 1. The molecule has 0 spiro atoms. The number of methoxy groups -OCH3 is 1. The number of hydrogen-bond donors (Lipinski definition) is 2. The minimum absolute atomic E-state index is 0.0383. The zero-order chi connectivity index (χ0) is 18.2. The first-order valence-electron chi connectivity index (χ1n) is 7.70. The van der Waals surface area contributed by atoms with Crippen molar-refractivity contribution in [3.05, 3.63) is 50.8 Å². The van der Waals surface area contributed by atoms with Gasteiger partial charge in [0.25, 0.3) is 11.5 Å². The predicted octanol–water partition coefficient (Wildman–Crippen LogP) is 2.27. The minimum atomic E-state index is -0.665. The lowest BCUT2D eigenvalue weighted by atomic mass is 10.0. The van der Waals surface area contributed by atoms with Crippen molar-refractivity contribution in [1.82, 2.24) is 4.57 Å². The highest BCUT2D eigenvalue weighted by Gasteiger charge is 2.21. The summed E-state index contributed by atoms with van der Waals surface area (Å²) in [5.41, 5.74) is 14.2. The summed E-state index contributed by atoms with van der Waals surface area (Å²) in [7, 11) is 1.56. The number of hydrogen-bond acceptors (Lipinski definition) is 4. The third kappa shape index (κ3) is 2.75. The largest absolute Gasteiger partial charge is 0.496 e. The summed E-state index contributed by atoms with van der Waals surface area (Å²) in [4.78, 5) is 24.8. The van der Waals surface area contributed by atoms with Crippen molar-refractivity contribution in [3.63, 3.8) is 0 Å². The Labute approximate surface area is 141 Å². The average Bonchev–Trinajstić information content (AvgIpc) is 2.49. The number of ether oxygens (including phenoxy) is 1. The molecule has 0 bridgehead atoms. The van der Waals surface area contributed by atoms with Gasteiger partial charge in [0.05, 0.1) is 18.4 Å². The van der Waals surface area contributed by atoms with Crippen LogP contribution in [0.3, 0.4) is 0 Å². The van der Waals surface area contributed by atoms with Gasteiger partial charge in [-0.05, 0) is 37.5 Å². The third-order valence-electron chi connectivity index (χ3n) is 4.18. The summed E-state index contributed by atoms with van der Waals surface area (Å²) in [6.07, 6.45) is 0. The maximum absolute atomic E-state index is 13.0. The molecule has 2 aromatic rings. The van der Waals surface area contributed by atoms with Gasteiger partial charge in [-0.1, -0.05) is 19.9 Å². The van der Waals surface area contributed by atoms with Gasteiger partial charge in [-0.25, -0.2) is 0 Å². The molecule has 1 aromatic heterocycles. The molecule has 128 valence electrons. The van der Waals surface area contributed by atoms with Gasteiger partial charge in [-0.2, -0.15) is 0 Å². The zero-order valence-electron chi connectivity index (χ0n) is 14.6. The van der Waals surface area contributed by atoms with Gasteiger partial charge in [-0.3, -0.25) is 14.2 Å². The van der Waals surface area contributed by atoms with Crippen molar-refractivity contribution in [3.8, 4) is 11.4 Å². The van der Waals surface area contributed by atoms with Crippen molar-refractivity contribution < 1.29 is 9.53 Å². The average molecular weight is 329 g/mol. The monoisotopic (exact) mass is 329 g/mol. The second-order valence-electron chi connectivity index (χ2n) is 6.12. The summed E-state index contributed by atoms with van der Waals surface area (Å²) in [5, 5.41) is 0. The fourth-order valence-corrected chi connectivity index (χ4v) is 2.87. The molecule has 0 fully saturated rings. The highest BCUT2D eigenvalue weighted by Crippen LogP contribution is 2.29. The van der Waals surface area contributed by atoms with E-state index in [0.29, 0.717) is 17.0 Å². The number of anilines is 1. The van der Waals surface area contributed by atoms with Crippen LogP contribution in [-0.2, 0) is 0 Å². The van der Waals surface area contributed by atoms with Crippen LogP contribution in [0.15, 0.2) is 23.0 Å². The normalized spacial score (nSPS) is 10.9. The molecular formula is C18H23N3O3. The molecule has 0 saturated heterocycles. The molecule has 1 aromatic carbocycles. The van der Waals surface area contributed by atoms with E-state index in [-0.39, 0.29) is 22.9 Å². The summed E-state index contributed by atoms with van der Waals surface area (Å²) < 4.78 is 6.71. The van der Waals surface area contributed by atoms with Gasteiger partial charge in [0.2, 0.25) is 0 Å². The molecule has 6 nitrogen and oxygen atoms in total. The minimum Gasteiger partial charge on any atom is -0.496 e. The Morgan fingerprint density at radius 2 is 1.88 bits per heavy atom. The Morgan fingerprint density at radius 3 is 2.38 bits per heavy atom.